The predicted octanol–water partition coefficient (Wildman–Crippen LogP) is 7.25. The largest absolute Gasteiger partial charge is 0.369 e. The van der Waals surface area contributed by atoms with E-state index in [1.54, 1.807) is 23.5 Å². The van der Waals surface area contributed by atoms with Gasteiger partial charge in [-0.15, -0.1) is 23.1 Å². The third-order valence-electron chi connectivity index (χ3n) is 6.50. The molecule has 3 heterocycles. The molecule has 1 aliphatic rings. The van der Waals surface area contributed by atoms with Crippen LogP contribution in [0.1, 0.15) is 17.0 Å². The van der Waals surface area contributed by atoms with E-state index in [-0.39, 0.29) is 0 Å². The van der Waals surface area contributed by atoms with E-state index in [9.17, 15) is 0 Å². The Labute approximate surface area is 227 Å². The minimum atomic E-state index is 0.846. The van der Waals surface area contributed by atoms with Crippen molar-refractivity contribution < 1.29 is 0 Å². The number of anilines is 1. The van der Waals surface area contributed by atoms with E-state index in [0.717, 1.165) is 48.5 Å². The van der Waals surface area contributed by atoms with Crippen LogP contribution in [0.2, 0.25) is 0 Å². The Hall–Kier alpha value is -2.32. The summed E-state index contributed by atoms with van der Waals surface area (Å²) in [6.45, 7) is 8.49. The van der Waals surface area contributed by atoms with Crippen molar-refractivity contribution in [2.75, 3.05) is 44.4 Å². The second-order valence-electron chi connectivity index (χ2n) is 9.25. The first kappa shape index (κ1) is 25.3. The van der Waals surface area contributed by atoms with Gasteiger partial charge in [0.05, 0.1) is 0 Å². The van der Waals surface area contributed by atoms with Gasteiger partial charge in [-0.1, -0.05) is 36.0 Å². The van der Waals surface area contributed by atoms with E-state index in [0.29, 0.717) is 0 Å². The molecule has 0 radical (unpaired) electrons. The summed E-state index contributed by atoms with van der Waals surface area (Å²) < 4.78 is 0. The topological polar surface area (TPSA) is 32.3 Å². The second-order valence-corrected chi connectivity index (χ2v) is 12.1. The Bertz CT molecular complexity index is 1290. The molecule has 186 valence electrons. The lowest BCUT2D eigenvalue weighted by Gasteiger charge is -2.34. The van der Waals surface area contributed by atoms with Gasteiger partial charge in [-0.25, -0.2) is 9.97 Å². The molecule has 1 fully saturated rings. The number of aryl methyl sites for hydroxylation is 2. The van der Waals surface area contributed by atoms with Crippen LogP contribution in [-0.4, -0.2) is 54.4 Å². The van der Waals surface area contributed by atoms with Crippen molar-refractivity contribution in [2.24, 2.45) is 0 Å². The van der Waals surface area contributed by atoms with Gasteiger partial charge < -0.3 is 9.80 Å². The Balaban J connectivity index is 1.42. The number of piperazine rings is 1. The fraction of sp³-hybridized carbons (Fsp3) is 0.310. The quantitative estimate of drug-likeness (QED) is 0.184. The third-order valence-corrected chi connectivity index (χ3v) is 9.42. The van der Waals surface area contributed by atoms with Gasteiger partial charge in [-0.05, 0) is 80.2 Å². The zero-order valence-electron chi connectivity index (χ0n) is 21.3. The molecule has 2 aromatic heterocycles. The summed E-state index contributed by atoms with van der Waals surface area (Å²) in [5.74, 6) is 0.846. The van der Waals surface area contributed by atoms with Crippen LogP contribution in [0, 0.1) is 13.8 Å². The number of likely N-dealkylation sites (N-methyl/N-ethyl adjacent to an activating group) is 1. The van der Waals surface area contributed by atoms with Crippen LogP contribution < -0.4 is 4.90 Å². The third kappa shape index (κ3) is 5.97. The van der Waals surface area contributed by atoms with Crippen molar-refractivity contribution in [3.63, 3.8) is 0 Å². The number of thioether (sulfide) groups is 2. The van der Waals surface area contributed by atoms with Gasteiger partial charge in [0.2, 0.25) is 0 Å². The Morgan fingerprint density at radius 2 is 1.47 bits per heavy atom. The Morgan fingerprint density at radius 3 is 2.11 bits per heavy atom. The fourth-order valence-electron chi connectivity index (χ4n) is 4.47. The minimum Gasteiger partial charge on any atom is -0.369 e. The van der Waals surface area contributed by atoms with Gasteiger partial charge in [-0.3, -0.25) is 0 Å². The summed E-state index contributed by atoms with van der Waals surface area (Å²) in [5, 5.41) is 0.848. The summed E-state index contributed by atoms with van der Waals surface area (Å²) in [7, 11) is 2.20. The monoisotopic (exact) mass is 532 g/mol. The molecule has 7 heteroatoms. The summed E-state index contributed by atoms with van der Waals surface area (Å²) in [5.41, 5.74) is 7.24. The van der Waals surface area contributed by atoms with Crippen LogP contribution in [0.3, 0.4) is 0 Å². The highest BCUT2D eigenvalue weighted by Gasteiger charge is 2.16. The fourth-order valence-corrected chi connectivity index (χ4v) is 7.09. The van der Waals surface area contributed by atoms with Crippen molar-refractivity contribution in [3.8, 4) is 20.9 Å². The smallest absolute Gasteiger partial charge is 0.188 e. The van der Waals surface area contributed by atoms with Gasteiger partial charge in [0, 0.05) is 63.7 Å². The number of rotatable bonds is 7. The molecule has 1 aliphatic heterocycles. The molecule has 36 heavy (non-hydrogen) atoms. The predicted molar refractivity (Wildman–Crippen MR) is 158 cm³/mol. The van der Waals surface area contributed by atoms with Crippen LogP contribution in [0.25, 0.3) is 20.9 Å². The van der Waals surface area contributed by atoms with Crippen molar-refractivity contribution in [2.45, 2.75) is 29.7 Å². The highest BCUT2D eigenvalue weighted by atomic mass is 32.2. The Morgan fingerprint density at radius 1 is 0.833 bits per heavy atom. The number of benzene rings is 2. The normalized spacial score (nSPS) is 14.4. The molecule has 5 rings (SSSR count). The molecule has 2 aromatic carbocycles. The molecule has 0 aliphatic carbocycles. The van der Waals surface area contributed by atoms with E-state index >= 15 is 0 Å². The first-order valence-electron chi connectivity index (χ1n) is 12.2. The molecule has 0 atom stereocenters. The van der Waals surface area contributed by atoms with Crippen molar-refractivity contribution in [1.29, 1.82) is 0 Å². The summed E-state index contributed by atoms with van der Waals surface area (Å²) in [6.07, 6.45) is 2.12. The SMILES string of the molecule is CSc1ccc(-c2sc(-c3ccc(N4CCN(C)CC4)cc3)cc2CSc2nc(C)cc(C)n2)cc1. The number of hydrogen-bond donors (Lipinski definition) is 0. The maximum absolute atomic E-state index is 4.64. The number of thiophene rings is 1. The highest BCUT2D eigenvalue weighted by molar-refractivity contribution is 7.98. The molecule has 0 unspecified atom stereocenters. The highest BCUT2D eigenvalue weighted by Crippen LogP contribution is 2.41. The molecule has 1 saturated heterocycles. The average molecular weight is 533 g/mol. The molecule has 4 aromatic rings. The molecule has 0 N–H and O–H groups in total. The number of hydrogen-bond acceptors (Lipinski definition) is 7. The summed E-state index contributed by atoms with van der Waals surface area (Å²) in [6, 6.07) is 22.5. The van der Waals surface area contributed by atoms with Crippen molar-refractivity contribution in [1.82, 2.24) is 14.9 Å². The molecule has 0 spiro atoms. The standard InChI is InChI=1S/C29H32N4S3/c1-20-17-21(2)31-29(30-20)35-19-24-18-27(36-28(24)23-7-11-26(34-4)12-8-23)22-5-9-25(10-6-22)33-15-13-32(3)14-16-33/h5-12,17-18H,13-16,19H2,1-4H3. The zero-order valence-corrected chi connectivity index (χ0v) is 23.8. The molecule has 0 saturated carbocycles. The van der Waals surface area contributed by atoms with Gasteiger partial charge in [0.1, 0.15) is 0 Å². The van der Waals surface area contributed by atoms with Crippen molar-refractivity contribution >= 4 is 40.5 Å². The minimum absolute atomic E-state index is 0.846. The maximum Gasteiger partial charge on any atom is 0.188 e. The van der Waals surface area contributed by atoms with Crippen LogP contribution in [0.4, 0.5) is 5.69 Å². The van der Waals surface area contributed by atoms with Crippen LogP contribution in [-0.2, 0) is 5.75 Å². The van der Waals surface area contributed by atoms with Crippen LogP contribution in [0.5, 0.6) is 0 Å². The average Bonchev–Trinajstić information content (AvgIpc) is 3.32. The first-order valence-corrected chi connectivity index (χ1v) is 15.3. The van der Waals surface area contributed by atoms with E-state index in [1.807, 2.05) is 31.3 Å². The van der Waals surface area contributed by atoms with Crippen LogP contribution in [0.15, 0.2) is 70.7 Å². The van der Waals surface area contributed by atoms with Crippen LogP contribution >= 0.6 is 34.9 Å². The van der Waals surface area contributed by atoms with Gasteiger partial charge in [0.25, 0.3) is 0 Å². The molecule has 4 nitrogen and oxygen atoms in total. The lowest BCUT2D eigenvalue weighted by Crippen LogP contribution is -2.44. The number of aromatic nitrogens is 2. The number of nitrogens with zero attached hydrogens (tertiary/aromatic N) is 4. The van der Waals surface area contributed by atoms with E-state index < -0.39 is 0 Å². The Kier molecular flexibility index (Phi) is 8.01. The van der Waals surface area contributed by atoms with E-state index in [1.165, 1.54) is 37.0 Å². The molecule has 0 bridgehead atoms. The molecule has 0 amide bonds. The second kappa shape index (κ2) is 11.4. The van der Waals surface area contributed by atoms with Gasteiger partial charge in [-0.2, -0.15) is 0 Å². The molecular formula is C29H32N4S3. The van der Waals surface area contributed by atoms with E-state index in [2.05, 4.69) is 87.7 Å². The maximum atomic E-state index is 4.64. The van der Waals surface area contributed by atoms with Crippen molar-refractivity contribution in [3.05, 3.63) is 77.6 Å². The summed E-state index contributed by atoms with van der Waals surface area (Å²) >= 11 is 5.38. The van der Waals surface area contributed by atoms with Gasteiger partial charge in [0.15, 0.2) is 5.16 Å². The summed E-state index contributed by atoms with van der Waals surface area (Å²) in [4.78, 5) is 18.1. The zero-order chi connectivity index (χ0) is 25.1. The van der Waals surface area contributed by atoms with Gasteiger partial charge >= 0.3 is 0 Å². The lowest BCUT2D eigenvalue weighted by molar-refractivity contribution is 0.313. The van der Waals surface area contributed by atoms with E-state index in [4.69, 9.17) is 0 Å². The lowest BCUT2D eigenvalue weighted by atomic mass is 10.1. The molecular weight excluding hydrogens is 501 g/mol. The first-order chi connectivity index (χ1) is 17.5.